The highest BCUT2D eigenvalue weighted by Crippen LogP contribution is 2.21. The van der Waals surface area contributed by atoms with Gasteiger partial charge in [-0.25, -0.2) is 4.79 Å². The smallest absolute Gasteiger partial charge is 0.331 e. The fraction of sp³-hybridized carbons (Fsp3) is 0.211. The van der Waals surface area contributed by atoms with Crippen molar-refractivity contribution in [1.82, 2.24) is 0 Å². The van der Waals surface area contributed by atoms with Crippen LogP contribution in [0, 0.1) is 0 Å². The summed E-state index contributed by atoms with van der Waals surface area (Å²) in [5.41, 5.74) is 3.07. The molecule has 2 aromatic carbocycles. The number of carbonyl (C=O) groups excluding carboxylic acids is 1. The largest absolute Gasteiger partial charge is 0.497 e. The molecule has 0 aliphatic carbocycles. The minimum absolute atomic E-state index is 0.310. The number of hydrogen-bond acceptors (Lipinski definition) is 3. The summed E-state index contributed by atoms with van der Waals surface area (Å²) in [7, 11) is 1.64. The molecule has 0 saturated heterocycles. The Hall–Kier alpha value is -2.55. The number of esters is 1. The van der Waals surface area contributed by atoms with Crippen molar-refractivity contribution in [3.63, 3.8) is 0 Å². The van der Waals surface area contributed by atoms with E-state index >= 15 is 0 Å². The Morgan fingerprint density at radius 1 is 1.05 bits per heavy atom. The highest BCUT2D eigenvalue weighted by Gasteiger charge is 2.07. The lowest BCUT2D eigenvalue weighted by atomic mass is 9.98. The molecule has 3 heteroatoms. The lowest BCUT2D eigenvalue weighted by Gasteiger charge is -2.09. The van der Waals surface area contributed by atoms with Crippen molar-refractivity contribution in [2.75, 3.05) is 13.7 Å². The fourth-order valence-corrected chi connectivity index (χ4v) is 2.18. The van der Waals surface area contributed by atoms with E-state index in [1.807, 2.05) is 54.6 Å². The zero-order valence-corrected chi connectivity index (χ0v) is 12.9. The second-order valence-electron chi connectivity index (χ2n) is 4.81. The first-order chi connectivity index (χ1) is 10.7. The number of hydrogen-bond donors (Lipinski definition) is 0. The highest BCUT2D eigenvalue weighted by molar-refractivity contribution is 5.91. The minimum atomic E-state index is -0.310. The molecule has 0 saturated carbocycles. The van der Waals surface area contributed by atoms with E-state index in [0.29, 0.717) is 13.0 Å². The van der Waals surface area contributed by atoms with Crippen molar-refractivity contribution in [3.05, 3.63) is 71.8 Å². The Bertz CT molecular complexity index is 627. The Balaban J connectivity index is 2.26. The molecule has 0 fully saturated rings. The van der Waals surface area contributed by atoms with Gasteiger partial charge >= 0.3 is 5.97 Å². The van der Waals surface area contributed by atoms with Gasteiger partial charge in [-0.1, -0.05) is 42.5 Å². The molecule has 2 aromatic rings. The summed E-state index contributed by atoms with van der Waals surface area (Å²) in [4.78, 5) is 11.8. The second kappa shape index (κ2) is 8.03. The predicted molar refractivity (Wildman–Crippen MR) is 87.8 cm³/mol. The van der Waals surface area contributed by atoms with Gasteiger partial charge in [-0.3, -0.25) is 0 Å². The predicted octanol–water partition coefficient (Wildman–Crippen LogP) is 3.88. The average Bonchev–Trinajstić information content (AvgIpc) is 2.56. The SMILES string of the molecule is CCOC(=O)C=C(Cc1ccc(OC)cc1)c1ccccc1. The number of benzene rings is 2. The summed E-state index contributed by atoms with van der Waals surface area (Å²) < 4.78 is 10.2. The van der Waals surface area contributed by atoms with Gasteiger partial charge in [0.1, 0.15) is 5.75 Å². The maximum atomic E-state index is 11.8. The third-order valence-electron chi connectivity index (χ3n) is 3.28. The van der Waals surface area contributed by atoms with E-state index in [4.69, 9.17) is 9.47 Å². The first kappa shape index (κ1) is 15.8. The van der Waals surface area contributed by atoms with Gasteiger partial charge in [0.15, 0.2) is 0 Å². The molecule has 0 heterocycles. The zero-order chi connectivity index (χ0) is 15.8. The molecule has 0 amide bonds. The Morgan fingerprint density at radius 3 is 2.32 bits per heavy atom. The molecule has 0 aliphatic heterocycles. The van der Waals surface area contributed by atoms with E-state index in [9.17, 15) is 4.79 Å². The summed E-state index contributed by atoms with van der Waals surface area (Å²) in [6.45, 7) is 2.18. The van der Waals surface area contributed by atoms with Gasteiger partial charge < -0.3 is 9.47 Å². The molecule has 114 valence electrons. The van der Waals surface area contributed by atoms with Gasteiger partial charge in [0.25, 0.3) is 0 Å². The van der Waals surface area contributed by atoms with Crippen LogP contribution in [0.15, 0.2) is 60.7 Å². The standard InChI is InChI=1S/C19H20O3/c1-3-22-19(20)14-17(16-7-5-4-6-8-16)13-15-9-11-18(21-2)12-10-15/h4-12,14H,3,13H2,1-2H3. The van der Waals surface area contributed by atoms with Gasteiger partial charge in [-0.15, -0.1) is 0 Å². The number of allylic oxidation sites excluding steroid dienone is 1. The van der Waals surface area contributed by atoms with E-state index in [1.165, 1.54) is 0 Å². The number of methoxy groups -OCH3 is 1. The van der Waals surface area contributed by atoms with Gasteiger partial charge in [0, 0.05) is 6.08 Å². The Morgan fingerprint density at radius 2 is 1.73 bits per heavy atom. The van der Waals surface area contributed by atoms with Crippen molar-refractivity contribution < 1.29 is 14.3 Å². The maximum Gasteiger partial charge on any atom is 0.331 e. The molecule has 2 rings (SSSR count). The quantitative estimate of drug-likeness (QED) is 0.599. The topological polar surface area (TPSA) is 35.5 Å². The molecule has 0 bridgehead atoms. The molecular formula is C19H20O3. The van der Waals surface area contributed by atoms with Crippen molar-refractivity contribution in [3.8, 4) is 5.75 Å². The first-order valence-electron chi connectivity index (χ1n) is 7.28. The lowest BCUT2D eigenvalue weighted by molar-refractivity contribution is -0.137. The molecule has 0 N–H and O–H groups in total. The highest BCUT2D eigenvalue weighted by atomic mass is 16.5. The normalized spacial score (nSPS) is 11.1. The molecule has 0 aliphatic rings. The van der Waals surface area contributed by atoms with Gasteiger partial charge in [-0.05, 0) is 42.2 Å². The van der Waals surface area contributed by atoms with E-state index in [-0.39, 0.29) is 5.97 Å². The lowest BCUT2D eigenvalue weighted by Crippen LogP contribution is -2.02. The second-order valence-corrected chi connectivity index (χ2v) is 4.81. The van der Waals surface area contributed by atoms with E-state index in [2.05, 4.69) is 0 Å². The maximum absolute atomic E-state index is 11.8. The van der Waals surface area contributed by atoms with Crippen LogP contribution in [0.5, 0.6) is 5.75 Å². The van der Waals surface area contributed by atoms with Crippen LogP contribution in [-0.2, 0) is 16.0 Å². The molecule has 0 spiro atoms. The third kappa shape index (κ3) is 4.48. The molecule has 0 atom stereocenters. The molecular weight excluding hydrogens is 276 g/mol. The van der Waals surface area contributed by atoms with E-state index in [0.717, 1.165) is 22.4 Å². The monoisotopic (exact) mass is 296 g/mol. The van der Waals surface area contributed by atoms with Gasteiger partial charge in [0.2, 0.25) is 0 Å². The number of ether oxygens (including phenoxy) is 2. The van der Waals surface area contributed by atoms with Crippen molar-refractivity contribution in [2.24, 2.45) is 0 Å². The van der Waals surface area contributed by atoms with E-state index in [1.54, 1.807) is 20.1 Å². The summed E-state index contributed by atoms with van der Waals surface area (Å²) in [6, 6.07) is 17.7. The first-order valence-corrected chi connectivity index (χ1v) is 7.28. The molecule has 0 aromatic heterocycles. The van der Waals surface area contributed by atoms with Crippen LogP contribution in [0.1, 0.15) is 18.1 Å². The summed E-state index contributed by atoms with van der Waals surface area (Å²) in [6.07, 6.45) is 2.23. The van der Waals surface area contributed by atoms with Crippen LogP contribution in [0.25, 0.3) is 5.57 Å². The molecule has 0 radical (unpaired) electrons. The van der Waals surface area contributed by atoms with Crippen LogP contribution >= 0.6 is 0 Å². The Labute approximate surface area is 131 Å². The zero-order valence-electron chi connectivity index (χ0n) is 12.9. The van der Waals surface area contributed by atoms with Crippen molar-refractivity contribution in [2.45, 2.75) is 13.3 Å². The fourth-order valence-electron chi connectivity index (χ4n) is 2.18. The van der Waals surface area contributed by atoms with Crippen LogP contribution in [0.3, 0.4) is 0 Å². The van der Waals surface area contributed by atoms with Gasteiger partial charge in [-0.2, -0.15) is 0 Å². The number of rotatable bonds is 6. The molecule has 22 heavy (non-hydrogen) atoms. The summed E-state index contributed by atoms with van der Waals surface area (Å²) in [5.74, 6) is 0.509. The summed E-state index contributed by atoms with van der Waals surface area (Å²) >= 11 is 0. The van der Waals surface area contributed by atoms with Gasteiger partial charge in [0.05, 0.1) is 13.7 Å². The van der Waals surface area contributed by atoms with Crippen LogP contribution in [0.2, 0.25) is 0 Å². The minimum Gasteiger partial charge on any atom is -0.497 e. The average molecular weight is 296 g/mol. The van der Waals surface area contributed by atoms with Crippen molar-refractivity contribution >= 4 is 11.5 Å². The third-order valence-corrected chi connectivity index (χ3v) is 3.28. The molecule has 3 nitrogen and oxygen atoms in total. The van der Waals surface area contributed by atoms with Crippen LogP contribution in [-0.4, -0.2) is 19.7 Å². The van der Waals surface area contributed by atoms with Crippen molar-refractivity contribution in [1.29, 1.82) is 0 Å². The number of carbonyl (C=O) groups is 1. The van der Waals surface area contributed by atoms with Crippen LogP contribution in [0.4, 0.5) is 0 Å². The Kier molecular flexibility index (Phi) is 5.78. The summed E-state index contributed by atoms with van der Waals surface area (Å²) in [5, 5.41) is 0. The van der Waals surface area contributed by atoms with E-state index < -0.39 is 0 Å². The molecule has 0 unspecified atom stereocenters. The van der Waals surface area contributed by atoms with Crippen LogP contribution < -0.4 is 4.74 Å².